The van der Waals surface area contributed by atoms with Crippen LogP contribution in [-0.4, -0.2) is 35.2 Å². The molecule has 2 aliphatic rings. The minimum Gasteiger partial charge on any atom is -0.488 e. The molecule has 7 heteroatoms. The van der Waals surface area contributed by atoms with Crippen LogP contribution in [-0.2, 0) is 6.54 Å². The fourth-order valence-corrected chi connectivity index (χ4v) is 3.97. The van der Waals surface area contributed by atoms with Crippen molar-refractivity contribution in [3.05, 3.63) is 62.9 Å². The second-order valence-electron chi connectivity index (χ2n) is 7.15. The highest BCUT2D eigenvalue weighted by Gasteiger charge is 2.32. The molecule has 1 aliphatic heterocycles. The summed E-state index contributed by atoms with van der Waals surface area (Å²) in [4.78, 5) is 13.3. The van der Waals surface area contributed by atoms with Crippen LogP contribution >= 0.6 is 23.2 Å². The topological polar surface area (TPSA) is 49.8 Å². The van der Waals surface area contributed by atoms with Crippen LogP contribution in [0.4, 0.5) is 4.39 Å². The summed E-state index contributed by atoms with van der Waals surface area (Å²) in [6, 6.07) is 7.98. The van der Waals surface area contributed by atoms with Crippen molar-refractivity contribution < 1.29 is 19.0 Å². The molecule has 1 saturated carbocycles. The van der Waals surface area contributed by atoms with Crippen LogP contribution in [0.25, 0.3) is 0 Å². The number of benzene rings is 2. The fourth-order valence-electron chi connectivity index (χ4n) is 3.46. The van der Waals surface area contributed by atoms with Gasteiger partial charge >= 0.3 is 5.97 Å². The Hall–Kier alpha value is -1.82. The third-order valence-corrected chi connectivity index (χ3v) is 5.37. The maximum Gasteiger partial charge on any atom is 0.338 e. The molecule has 2 aromatic rings. The van der Waals surface area contributed by atoms with E-state index in [2.05, 4.69) is 4.90 Å². The van der Waals surface area contributed by atoms with Gasteiger partial charge in [-0.3, -0.25) is 4.90 Å². The maximum atomic E-state index is 14.1. The first-order valence-electron chi connectivity index (χ1n) is 8.80. The van der Waals surface area contributed by atoms with Crippen molar-refractivity contribution in [2.45, 2.75) is 31.4 Å². The Kier molecular flexibility index (Phi) is 5.01. The zero-order chi connectivity index (χ0) is 19.1. The molecule has 1 saturated heterocycles. The summed E-state index contributed by atoms with van der Waals surface area (Å²) in [7, 11) is 0. The molecular formula is C20H18Cl2FNO3. The number of carbonyl (C=O) groups is 1. The molecule has 0 aromatic heterocycles. The van der Waals surface area contributed by atoms with Crippen molar-refractivity contribution in [2.24, 2.45) is 0 Å². The van der Waals surface area contributed by atoms with E-state index in [1.165, 1.54) is 12.1 Å². The summed E-state index contributed by atoms with van der Waals surface area (Å²) >= 11 is 12.0. The minimum absolute atomic E-state index is 0.0204. The van der Waals surface area contributed by atoms with E-state index in [0.29, 0.717) is 41.3 Å². The van der Waals surface area contributed by atoms with Gasteiger partial charge in [-0.25, -0.2) is 9.18 Å². The van der Waals surface area contributed by atoms with Crippen molar-refractivity contribution in [1.82, 2.24) is 4.90 Å². The molecule has 0 amide bonds. The van der Waals surface area contributed by atoms with Crippen LogP contribution in [0.15, 0.2) is 30.3 Å². The first-order chi connectivity index (χ1) is 12.9. The highest BCUT2D eigenvalue weighted by molar-refractivity contribution is 6.34. The number of carboxylic acids is 1. The highest BCUT2D eigenvalue weighted by atomic mass is 35.5. The van der Waals surface area contributed by atoms with E-state index in [-0.39, 0.29) is 11.7 Å². The van der Waals surface area contributed by atoms with E-state index in [9.17, 15) is 9.18 Å². The van der Waals surface area contributed by atoms with Gasteiger partial charge in [0, 0.05) is 29.7 Å². The molecule has 0 atom stereocenters. The number of nitrogens with zero attached hydrogens (tertiary/aromatic N) is 1. The molecule has 1 N–H and O–H groups in total. The SMILES string of the molecule is O=C(O)c1cc(C2CC2)c(CN2CC(Oc3cc(Cl)cc(Cl)c3)C2)cc1F. The largest absolute Gasteiger partial charge is 0.488 e. The van der Waals surface area contributed by atoms with Gasteiger partial charge in [0.2, 0.25) is 0 Å². The highest BCUT2D eigenvalue weighted by Crippen LogP contribution is 2.43. The Morgan fingerprint density at radius 3 is 2.41 bits per heavy atom. The van der Waals surface area contributed by atoms with Gasteiger partial charge in [-0.05, 0) is 60.2 Å². The van der Waals surface area contributed by atoms with Gasteiger partial charge in [0.25, 0.3) is 0 Å². The molecule has 0 unspecified atom stereocenters. The zero-order valence-electron chi connectivity index (χ0n) is 14.4. The molecule has 0 radical (unpaired) electrons. The van der Waals surface area contributed by atoms with Crippen molar-refractivity contribution >= 4 is 29.2 Å². The lowest BCUT2D eigenvalue weighted by molar-refractivity contribution is 0.0144. The summed E-state index contributed by atoms with van der Waals surface area (Å²) in [5, 5.41) is 10.2. The first kappa shape index (κ1) is 18.5. The molecule has 2 fully saturated rings. The summed E-state index contributed by atoms with van der Waals surface area (Å²) < 4.78 is 20.0. The predicted octanol–water partition coefficient (Wildman–Crippen LogP) is 4.97. The number of carboxylic acid groups (broad SMARTS) is 1. The second-order valence-corrected chi connectivity index (χ2v) is 8.02. The summed E-state index contributed by atoms with van der Waals surface area (Å²) in [6.07, 6.45) is 2.07. The van der Waals surface area contributed by atoms with E-state index in [4.69, 9.17) is 33.0 Å². The fraction of sp³-hybridized carbons (Fsp3) is 0.350. The van der Waals surface area contributed by atoms with Gasteiger partial charge in [0.15, 0.2) is 0 Å². The van der Waals surface area contributed by atoms with Crippen LogP contribution < -0.4 is 4.74 Å². The van der Waals surface area contributed by atoms with E-state index < -0.39 is 11.8 Å². The number of ether oxygens (including phenoxy) is 1. The van der Waals surface area contributed by atoms with Crippen LogP contribution in [0, 0.1) is 5.82 Å². The van der Waals surface area contributed by atoms with Crippen LogP contribution in [0.5, 0.6) is 5.75 Å². The molecule has 2 aromatic carbocycles. The Balaban J connectivity index is 1.41. The van der Waals surface area contributed by atoms with Gasteiger partial charge in [-0.2, -0.15) is 0 Å². The Labute approximate surface area is 166 Å². The quantitative estimate of drug-likeness (QED) is 0.731. The number of likely N-dealkylation sites (tertiary alicyclic amines) is 1. The number of halogens is 3. The smallest absolute Gasteiger partial charge is 0.338 e. The van der Waals surface area contributed by atoms with Gasteiger partial charge < -0.3 is 9.84 Å². The predicted molar refractivity (Wildman–Crippen MR) is 101 cm³/mol. The first-order valence-corrected chi connectivity index (χ1v) is 9.55. The van der Waals surface area contributed by atoms with Crippen LogP contribution in [0.1, 0.15) is 40.2 Å². The molecule has 4 rings (SSSR count). The summed E-state index contributed by atoms with van der Waals surface area (Å²) in [5.74, 6) is -0.921. The minimum atomic E-state index is -1.22. The van der Waals surface area contributed by atoms with Crippen molar-refractivity contribution in [2.75, 3.05) is 13.1 Å². The normalized spacial score (nSPS) is 17.6. The number of hydrogen-bond acceptors (Lipinski definition) is 3. The van der Waals surface area contributed by atoms with Gasteiger partial charge in [0.05, 0.1) is 5.56 Å². The average molecular weight is 410 g/mol. The molecular weight excluding hydrogens is 392 g/mol. The number of aromatic carboxylic acids is 1. The third-order valence-electron chi connectivity index (χ3n) is 4.93. The number of rotatable bonds is 6. The lowest BCUT2D eigenvalue weighted by atomic mass is 9.98. The van der Waals surface area contributed by atoms with Gasteiger partial charge in [-0.1, -0.05) is 23.2 Å². The third kappa shape index (κ3) is 4.21. The zero-order valence-corrected chi connectivity index (χ0v) is 15.9. The van der Waals surface area contributed by atoms with Crippen LogP contribution in [0.3, 0.4) is 0 Å². The molecule has 1 heterocycles. The lowest BCUT2D eigenvalue weighted by Crippen LogP contribution is -2.53. The van der Waals surface area contributed by atoms with E-state index in [1.54, 1.807) is 18.2 Å². The van der Waals surface area contributed by atoms with Crippen molar-refractivity contribution in [1.29, 1.82) is 0 Å². The molecule has 142 valence electrons. The monoisotopic (exact) mass is 409 g/mol. The average Bonchev–Trinajstić information content (AvgIpc) is 3.36. The Morgan fingerprint density at radius 2 is 1.81 bits per heavy atom. The Morgan fingerprint density at radius 1 is 1.15 bits per heavy atom. The Bertz CT molecular complexity index is 875. The lowest BCUT2D eigenvalue weighted by Gasteiger charge is -2.39. The van der Waals surface area contributed by atoms with E-state index in [0.717, 1.165) is 24.0 Å². The molecule has 4 nitrogen and oxygen atoms in total. The number of hydrogen-bond donors (Lipinski definition) is 1. The molecule has 0 spiro atoms. The van der Waals surface area contributed by atoms with Gasteiger partial charge in [-0.15, -0.1) is 0 Å². The molecule has 1 aliphatic carbocycles. The van der Waals surface area contributed by atoms with Crippen molar-refractivity contribution in [3.63, 3.8) is 0 Å². The van der Waals surface area contributed by atoms with Gasteiger partial charge in [0.1, 0.15) is 17.7 Å². The second kappa shape index (κ2) is 7.30. The molecule has 27 heavy (non-hydrogen) atoms. The standard InChI is InChI=1S/C20H18Cl2FNO3/c21-13-4-14(22)6-15(5-13)27-16-9-24(10-16)8-12-3-19(23)18(20(25)26)7-17(12)11-1-2-11/h3-7,11,16H,1-2,8-10H2,(H,25,26). The summed E-state index contributed by atoms with van der Waals surface area (Å²) in [6.45, 7) is 1.99. The van der Waals surface area contributed by atoms with E-state index >= 15 is 0 Å². The maximum absolute atomic E-state index is 14.1. The summed E-state index contributed by atoms with van der Waals surface area (Å²) in [5.41, 5.74) is 1.58. The van der Waals surface area contributed by atoms with Crippen molar-refractivity contribution in [3.8, 4) is 5.75 Å². The molecule has 0 bridgehead atoms. The van der Waals surface area contributed by atoms with Crippen LogP contribution in [0.2, 0.25) is 10.0 Å². The van der Waals surface area contributed by atoms with E-state index in [1.807, 2.05) is 0 Å².